The van der Waals surface area contributed by atoms with Gasteiger partial charge in [0.15, 0.2) is 23.1 Å². The molecule has 0 fully saturated rings. The van der Waals surface area contributed by atoms with Crippen molar-refractivity contribution in [2.45, 2.75) is 86.9 Å². The molecule has 2 aliphatic rings. The monoisotopic (exact) mass is 742 g/mol. The number of phenols is 4. The van der Waals surface area contributed by atoms with Crippen molar-refractivity contribution in [1.82, 2.24) is 0 Å². The van der Waals surface area contributed by atoms with Crippen LogP contribution in [0, 0.1) is 5.92 Å². The molecule has 0 aromatic heterocycles. The molecule has 4 rings (SSSR count). The lowest BCUT2D eigenvalue weighted by molar-refractivity contribution is -0.148. The van der Waals surface area contributed by atoms with Crippen molar-refractivity contribution < 1.29 is 58.7 Å². The van der Waals surface area contributed by atoms with Gasteiger partial charge in [0.1, 0.15) is 35.2 Å². The number of ketones is 4. The zero-order valence-corrected chi connectivity index (χ0v) is 31.6. The van der Waals surface area contributed by atoms with Crippen LogP contribution in [0.2, 0.25) is 0 Å². The molecule has 0 bridgehead atoms. The van der Waals surface area contributed by atoms with Crippen LogP contribution in [0.4, 0.5) is 0 Å². The summed E-state index contributed by atoms with van der Waals surface area (Å²) in [6.07, 6.45) is 5.70. The Morgan fingerprint density at radius 3 is 1.31 bits per heavy atom. The van der Waals surface area contributed by atoms with Crippen LogP contribution in [0.5, 0.6) is 23.0 Å². The average molecular weight is 743 g/mol. The highest BCUT2D eigenvalue weighted by Gasteiger charge is 2.37. The number of benzene rings is 2. The number of fused-ring (bicyclic) bond motifs is 2. The number of aromatic hydroxyl groups is 4. The molecule has 286 valence electrons. The second-order valence-electron chi connectivity index (χ2n) is 14.1. The summed E-state index contributed by atoms with van der Waals surface area (Å²) >= 11 is 0. The first-order valence-electron chi connectivity index (χ1n) is 17.3. The largest absolute Gasteiger partial charge is 0.507 e. The van der Waals surface area contributed by atoms with Crippen molar-refractivity contribution in [3.8, 4) is 23.0 Å². The Morgan fingerprint density at radius 2 is 0.963 bits per heavy atom. The van der Waals surface area contributed by atoms with Crippen LogP contribution in [0.25, 0.3) is 0 Å². The van der Waals surface area contributed by atoms with E-state index < -0.39 is 58.8 Å². The summed E-state index contributed by atoms with van der Waals surface area (Å²) in [5.41, 5.74) is 1.57. The minimum Gasteiger partial charge on any atom is -0.507 e. The van der Waals surface area contributed by atoms with Crippen LogP contribution in [0.1, 0.15) is 116 Å². The fraction of sp³-hybridized carbons (Fsp3) is 0.333. The molecule has 12 nitrogen and oxygen atoms in total. The Labute approximate surface area is 313 Å². The lowest BCUT2D eigenvalue weighted by atomic mass is 9.85. The van der Waals surface area contributed by atoms with Crippen molar-refractivity contribution >= 4 is 35.1 Å². The molecule has 0 heterocycles. The zero-order valence-electron chi connectivity index (χ0n) is 31.6. The first-order valence-corrected chi connectivity index (χ1v) is 17.3. The van der Waals surface area contributed by atoms with E-state index in [1.165, 1.54) is 6.08 Å². The van der Waals surface area contributed by atoms with Gasteiger partial charge in [-0.3, -0.25) is 24.0 Å². The molecule has 54 heavy (non-hydrogen) atoms. The lowest BCUT2D eigenvalue weighted by Gasteiger charge is -2.24. The molecular weight excluding hydrogens is 696 g/mol. The first kappa shape index (κ1) is 42.4. The zero-order chi connectivity index (χ0) is 40.6. The highest BCUT2D eigenvalue weighted by atomic mass is 16.5. The predicted molar refractivity (Wildman–Crippen MR) is 200 cm³/mol. The lowest BCUT2D eigenvalue weighted by Crippen LogP contribution is -2.29. The number of carbonyl (C=O) groups excluding carboxylic acids is 6. The fourth-order valence-electron chi connectivity index (χ4n) is 5.56. The summed E-state index contributed by atoms with van der Waals surface area (Å²) in [5.74, 6) is -5.14. The van der Waals surface area contributed by atoms with Gasteiger partial charge < -0.3 is 29.9 Å². The molecule has 0 spiro atoms. The smallest absolute Gasteiger partial charge is 0.331 e. The number of carbonyl (C=O) groups is 6. The van der Waals surface area contributed by atoms with E-state index in [1.807, 2.05) is 47.6 Å². The van der Waals surface area contributed by atoms with Crippen LogP contribution >= 0.6 is 0 Å². The predicted octanol–water partition coefficient (Wildman–Crippen LogP) is 7.35. The molecule has 0 saturated heterocycles. The van der Waals surface area contributed by atoms with E-state index >= 15 is 0 Å². The average Bonchev–Trinajstić information content (AvgIpc) is 3.06. The van der Waals surface area contributed by atoms with E-state index in [2.05, 4.69) is 0 Å². The Balaban J connectivity index is 0.000000290. The van der Waals surface area contributed by atoms with E-state index in [0.29, 0.717) is 0 Å². The third kappa shape index (κ3) is 10.5. The summed E-state index contributed by atoms with van der Waals surface area (Å²) < 4.78 is 10.9. The molecule has 12 heteroatoms. The summed E-state index contributed by atoms with van der Waals surface area (Å²) in [7, 11) is 0. The topological polar surface area (TPSA) is 202 Å². The Kier molecular flexibility index (Phi) is 14.2. The summed E-state index contributed by atoms with van der Waals surface area (Å²) in [6.45, 7) is 14.7. The number of allylic oxidation sites excluding steroid dienone is 5. The fourth-order valence-corrected chi connectivity index (χ4v) is 5.56. The van der Waals surface area contributed by atoms with Gasteiger partial charge >= 0.3 is 11.9 Å². The van der Waals surface area contributed by atoms with Gasteiger partial charge in [0, 0.05) is 36.5 Å². The van der Waals surface area contributed by atoms with Crippen LogP contribution < -0.4 is 0 Å². The van der Waals surface area contributed by atoms with Gasteiger partial charge in [0.25, 0.3) is 0 Å². The SMILES string of the molecule is CC(C)=CC[C@H](OC(=O)C=C(C)C)C1=CC(=O)c2c(O)ccc(O)c2C1=O.CC(C)=CC[C@H](OC(=O)CC(C)C)C1=CC(=O)c2c(O)ccc(O)c2C1=O. The standard InChI is InChI=1S/C21H24O6.C21H22O6/c2*1-11(2)5-8-17(27-18(25)9-12(3)4)13-10-16(24)19-14(22)6-7-15(23)20(19)21(13)26/h5-7,10,12,17,22-23H,8-9H2,1-4H3;5-7,9-10,17,22-23H,8H2,1-4H3/t2*17-/m00/s1. The van der Waals surface area contributed by atoms with Crippen LogP contribution in [0.15, 0.2) is 82.5 Å². The van der Waals surface area contributed by atoms with Crippen molar-refractivity contribution in [1.29, 1.82) is 0 Å². The second-order valence-corrected chi connectivity index (χ2v) is 14.1. The van der Waals surface area contributed by atoms with Crippen molar-refractivity contribution in [3.05, 3.63) is 105 Å². The van der Waals surface area contributed by atoms with E-state index in [0.717, 1.165) is 53.1 Å². The molecule has 0 aliphatic heterocycles. The number of Topliss-reactive ketones (excluding diaryl/α,β-unsaturated/α-hetero) is 2. The van der Waals surface area contributed by atoms with Crippen LogP contribution in [0.3, 0.4) is 0 Å². The van der Waals surface area contributed by atoms with E-state index in [4.69, 9.17) is 9.47 Å². The van der Waals surface area contributed by atoms with Crippen LogP contribution in [-0.4, -0.2) is 67.7 Å². The Hall–Kier alpha value is -6.04. The molecule has 2 atom stereocenters. The minimum atomic E-state index is -0.991. The molecule has 0 radical (unpaired) electrons. The van der Waals surface area contributed by atoms with Gasteiger partial charge in [-0.1, -0.05) is 42.7 Å². The number of hydrogen-bond acceptors (Lipinski definition) is 12. The van der Waals surface area contributed by atoms with Gasteiger partial charge in [0.05, 0.1) is 22.3 Å². The molecular formula is C42H46O12. The first-order chi connectivity index (χ1) is 25.2. The third-order valence-corrected chi connectivity index (χ3v) is 8.05. The van der Waals surface area contributed by atoms with Gasteiger partial charge in [0.2, 0.25) is 0 Å². The van der Waals surface area contributed by atoms with E-state index in [9.17, 15) is 49.2 Å². The van der Waals surface area contributed by atoms with E-state index in [1.54, 1.807) is 19.9 Å². The third-order valence-electron chi connectivity index (χ3n) is 8.05. The van der Waals surface area contributed by atoms with Crippen molar-refractivity contribution in [2.24, 2.45) is 5.92 Å². The highest BCUT2D eigenvalue weighted by Crippen LogP contribution is 2.38. The number of phenolic OH excluding ortho intramolecular Hbond substituents is 4. The summed E-state index contributed by atoms with van der Waals surface area (Å²) in [4.78, 5) is 75.0. The summed E-state index contributed by atoms with van der Waals surface area (Å²) in [6, 6.07) is 4.59. The Morgan fingerprint density at radius 1 is 0.593 bits per heavy atom. The highest BCUT2D eigenvalue weighted by molar-refractivity contribution is 6.28. The van der Waals surface area contributed by atoms with E-state index in [-0.39, 0.29) is 70.1 Å². The quantitative estimate of drug-likeness (QED) is 0.0773. The maximum Gasteiger partial charge on any atom is 0.331 e. The number of ether oxygens (including phenoxy) is 2. The number of hydrogen-bond donors (Lipinski definition) is 4. The number of rotatable bonds is 11. The second kappa shape index (κ2) is 18.1. The normalized spacial score (nSPS) is 14.2. The molecule has 4 N–H and O–H groups in total. The number of esters is 2. The van der Waals surface area contributed by atoms with Gasteiger partial charge in [-0.15, -0.1) is 0 Å². The molecule has 0 amide bonds. The molecule has 0 unspecified atom stereocenters. The molecule has 2 aromatic rings. The maximum atomic E-state index is 12.9. The van der Waals surface area contributed by atoms with Crippen molar-refractivity contribution in [3.63, 3.8) is 0 Å². The van der Waals surface area contributed by atoms with Gasteiger partial charge in [-0.05, 0) is 83.9 Å². The van der Waals surface area contributed by atoms with Crippen molar-refractivity contribution in [2.75, 3.05) is 0 Å². The van der Waals surface area contributed by atoms with Gasteiger partial charge in [-0.2, -0.15) is 0 Å². The summed E-state index contributed by atoms with van der Waals surface area (Å²) in [5, 5.41) is 39.9. The minimum absolute atomic E-state index is 0.0111. The maximum absolute atomic E-state index is 12.9. The Bertz CT molecular complexity index is 2020. The van der Waals surface area contributed by atoms with Crippen LogP contribution in [-0.2, 0) is 19.1 Å². The molecule has 0 saturated carbocycles. The van der Waals surface area contributed by atoms with Gasteiger partial charge in [-0.25, -0.2) is 4.79 Å². The molecule has 2 aromatic carbocycles. The molecule has 2 aliphatic carbocycles.